The zero-order valence-corrected chi connectivity index (χ0v) is 17.7. The lowest BCUT2D eigenvalue weighted by atomic mass is 9.96. The van der Waals surface area contributed by atoms with Crippen LogP contribution >= 0.6 is 0 Å². The van der Waals surface area contributed by atoms with Gasteiger partial charge in [-0.1, -0.05) is 30.3 Å². The number of carbonyl (C=O) groups excluding carboxylic acids is 1. The van der Waals surface area contributed by atoms with Gasteiger partial charge in [0.1, 0.15) is 0 Å². The van der Waals surface area contributed by atoms with Crippen LogP contribution < -0.4 is 10.2 Å². The molecular formula is C23H30N6O. The molecule has 1 saturated heterocycles. The Morgan fingerprint density at radius 1 is 1.13 bits per heavy atom. The van der Waals surface area contributed by atoms with Crippen LogP contribution in [0.15, 0.2) is 36.4 Å². The van der Waals surface area contributed by atoms with Crippen molar-refractivity contribution in [2.75, 3.05) is 24.5 Å². The molecule has 7 heteroatoms. The summed E-state index contributed by atoms with van der Waals surface area (Å²) in [4.78, 5) is 14.6. The van der Waals surface area contributed by atoms with Gasteiger partial charge in [0, 0.05) is 37.8 Å². The average molecular weight is 407 g/mol. The van der Waals surface area contributed by atoms with E-state index >= 15 is 0 Å². The highest BCUT2D eigenvalue weighted by Gasteiger charge is 2.21. The second-order valence-corrected chi connectivity index (χ2v) is 8.15. The Bertz CT molecular complexity index is 949. The summed E-state index contributed by atoms with van der Waals surface area (Å²) in [6.45, 7) is 6.67. The molecule has 1 aliphatic rings. The minimum Gasteiger partial charge on any atom is -0.356 e. The highest BCUT2D eigenvalue weighted by atomic mass is 16.1. The second kappa shape index (κ2) is 9.15. The third-order valence-electron chi connectivity index (χ3n) is 6.06. The van der Waals surface area contributed by atoms with Gasteiger partial charge in [-0.25, -0.2) is 0 Å². The Morgan fingerprint density at radius 2 is 1.90 bits per heavy atom. The van der Waals surface area contributed by atoms with Crippen LogP contribution in [0.3, 0.4) is 0 Å². The fourth-order valence-electron chi connectivity index (χ4n) is 4.13. The number of amides is 1. The third kappa shape index (κ3) is 4.72. The van der Waals surface area contributed by atoms with Crippen molar-refractivity contribution in [3.63, 3.8) is 0 Å². The molecule has 3 heterocycles. The number of benzene rings is 1. The van der Waals surface area contributed by atoms with E-state index in [1.54, 1.807) is 0 Å². The van der Waals surface area contributed by atoms with Crippen LogP contribution in [0.1, 0.15) is 36.2 Å². The highest BCUT2D eigenvalue weighted by molar-refractivity contribution is 5.76. The van der Waals surface area contributed by atoms with E-state index in [2.05, 4.69) is 48.8 Å². The lowest BCUT2D eigenvalue weighted by Gasteiger charge is -2.32. The van der Waals surface area contributed by atoms with E-state index in [-0.39, 0.29) is 5.91 Å². The van der Waals surface area contributed by atoms with Gasteiger partial charge in [0.15, 0.2) is 5.82 Å². The van der Waals surface area contributed by atoms with Crippen LogP contribution in [0.25, 0.3) is 11.3 Å². The third-order valence-corrected chi connectivity index (χ3v) is 6.06. The van der Waals surface area contributed by atoms with Crippen LogP contribution in [0.4, 0.5) is 5.82 Å². The van der Waals surface area contributed by atoms with Crippen LogP contribution in [-0.2, 0) is 11.2 Å². The minimum atomic E-state index is 0.122. The zero-order chi connectivity index (χ0) is 20.9. The molecule has 0 bridgehead atoms. The molecule has 1 aliphatic heterocycles. The van der Waals surface area contributed by atoms with Crippen molar-refractivity contribution in [2.24, 2.45) is 5.92 Å². The van der Waals surface area contributed by atoms with E-state index in [9.17, 15) is 4.79 Å². The lowest BCUT2D eigenvalue weighted by molar-refractivity contribution is -0.121. The summed E-state index contributed by atoms with van der Waals surface area (Å²) < 4.78 is 0. The van der Waals surface area contributed by atoms with Gasteiger partial charge in [0.25, 0.3) is 0 Å². The maximum Gasteiger partial charge on any atom is 0.220 e. The molecule has 4 rings (SSSR count). The van der Waals surface area contributed by atoms with Crippen LogP contribution in [0, 0.1) is 19.8 Å². The molecule has 7 nitrogen and oxygen atoms in total. The quantitative estimate of drug-likeness (QED) is 0.561. The molecular weight excluding hydrogens is 376 g/mol. The Morgan fingerprint density at radius 3 is 2.60 bits per heavy atom. The van der Waals surface area contributed by atoms with E-state index < -0.39 is 0 Å². The number of nitrogens with one attached hydrogen (secondary N) is 3. The first-order valence-corrected chi connectivity index (χ1v) is 10.7. The van der Waals surface area contributed by atoms with Crippen molar-refractivity contribution in [2.45, 2.75) is 39.5 Å². The van der Waals surface area contributed by atoms with E-state index in [1.165, 1.54) is 0 Å². The molecule has 0 saturated carbocycles. The Hall–Kier alpha value is -3.09. The number of aryl methyl sites for hydroxylation is 2. The van der Waals surface area contributed by atoms with Crippen LogP contribution in [0.2, 0.25) is 0 Å². The Labute approximate surface area is 177 Å². The van der Waals surface area contributed by atoms with E-state index in [1.807, 2.05) is 32.0 Å². The van der Waals surface area contributed by atoms with Gasteiger partial charge >= 0.3 is 0 Å². The van der Waals surface area contributed by atoms with Crippen molar-refractivity contribution >= 4 is 11.7 Å². The van der Waals surface area contributed by atoms with E-state index in [0.29, 0.717) is 12.3 Å². The monoisotopic (exact) mass is 406 g/mol. The number of hydrogen-bond donors (Lipinski definition) is 3. The van der Waals surface area contributed by atoms with Gasteiger partial charge in [-0.05, 0) is 50.2 Å². The summed E-state index contributed by atoms with van der Waals surface area (Å²) in [5.41, 5.74) is 5.40. The van der Waals surface area contributed by atoms with Crippen molar-refractivity contribution in [3.8, 4) is 11.3 Å². The fourth-order valence-corrected chi connectivity index (χ4v) is 4.13. The van der Waals surface area contributed by atoms with Crippen molar-refractivity contribution in [3.05, 3.63) is 53.3 Å². The number of aromatic nitrogens is 4. The predicted octanol–water partition coefficient (Wildman–Crippen LogP) is 3.38. The summed E-state index contributed by atoms with van der Waals surface area (Å²) in [6.07, 6.45) is 3.37. The second-order valence-electron chi connectivity index (χ2n) is 8.15. The van der Waals surface area contributed by atoms with Gasteiger partial charge in [0.2, 0.25) is 5.91 Å². The zero-order valence-electron chi connectivity index (χ0n) is 17.7. The van der Waals surface area contributed by atoms with Gasteiger partial charge in [0.05, 0.1) is 11.4 Å². The summed E-state index contributed by atoms with van der Waals surface area (Å²) in [7, 11) is 0. The first kappa shape index (κ1) is 20.2. The molecule has 0 radical (unpaired) electrons. The topological polar surface area (TPSA) is 89.7 Å². The largest absolute Gasteiger partial charge is 0.356 e. The first-order valence-electron chi connectivity index (χ1n) is 10.7. The SMILES string of the molecule is Cc1n[nH]c(C)c1CCC(=O)NCC1CCN(c2cc(-c3ccccc3)[nH]n2)CC1. The summed E-state index contributed by atoms with van der Waals surface area (Å²) in [5.74, 6) is 1.65. The van der Waals surface area contributed by atoms with Gasteiger partial charge < -0.3 is 10.2 Å². The number of H-pyrrole nitrogens is 2. The molecule has 2 aromatic heterocycles. The van der Waals surface area contributed by atoms with Gasteiger partial charge in [-0.2, -0.15) is 10.2 Å². The summed E-state index contributed by atoms with van der Waals surface area (Å²) in [6, 6.07) is 12.4. The van der Waals surface area contributed by atoms with Crippen molar-refractivity contribution in [1.29, 1.82) is 0 Å². The fraction of sp³-hybridized carbons (Fsp3) is 0.435. The maximum absolute atomic E-state index is 12.3. The van der Waals surface area contributed by atoms with Crippen molar-refractivity contribution in [1.82, 2.24) is 25.7 Å². The standard InChI is InChI=1S/C23H30N6O/c1-16-20(17(2)26-25-16)8-9-23(30)24-15-18-10-12-29(13-11-18)22-14-21(27-28-22)19-6-4-3-5-7-19/h3-7,14,18H,8-13,15H2,1-2H3,(H,24,30)(H,25,26)(H,27,28). The molecule has 158 valence electrons. The first-order chi connectivity index (χ1) is 14.6. The molecule has 3 N–H and O–H groups in total. The number of aromatic amines is 2. The van der Waals surface area contributed by atoms with E-state index in [4.69, 9.17) is 0 Å². The molecule has 0 spiro atoms. The smallest absolute Gasteiger partial charge is 0.220 e. The highest BCUT2D eigenvalue weighted by Crippen LogP contribution is 2.25. The molecule has 1 fully saturated rings. The molecule has 30 heavy (non-hydrogen) atoms. The Kier molecular flexibility index (Phi) is 6.16. The lowest BCUT2D eigenvalue weighted by Crippen LogP contribution is -2.38. The minimum absolute atomic E-state index is 0.122. The normalized spacial score (nSPS) is 14.8. The van der Waals surface area contributed by atoms with Gasteiger partial charge in [-0.3, -0.25) is 15.0 Å². The molecule has 0 unspecified atom stereocenters. The number of nitrogens with zero attached hydrogens (tertiary/aromatic N) is 3. The van der Waals surface area contributed by atoms with Gasteiger partial charge in [-0.15, -0.1) is 0 Å². The molecule has 1 aromatic carbocycles. The molecule has 0 aliphatic carbocycles. The average Bonchev–Trinajstić information content (AvgIpc) is 3.39. The van der Waals surface area contributed by atoms with Crippen LogP contribution in [-0.4, -0.2) is 45.9 Å². The molecule has 1 amide bonds. The number of anilines is 1. The molecule has 3 aromatic rings. The van der Waals surface area contributed by atoms with Crippen molar-refractivity contribution < 1.29 is 4.79 Å². The summed E-state index contributed by atoms with van der Waals surface area (Å²) >= 11 is 0. The van der Waals surface area contributed by atoms with Crippen LogP contribution in [0.5, 0.6) is 0 Å². The number of rotatable bonds is 7. The Balaban J connectivity index is 1.20. The predicted molar refractivity (Wildman–Crippen MR) is 118 cm³/mol. The molecule has 0 atom stereocenters. The number of piperidine rings is 1. The maximum atomic E-state index is 12.3. The van der Waals surface area contributed by atoms with E-state index in [0.717, 1.165) is 72.9 Å². The number of hydrogen-bond acceptors (Lipinski definition) is 4. The number of carbonyl (C=O) groups is 1. The summed E-state index contributed by atoms with van der Waals surface area (Å²) in [5, 5.41) is 17.9.